The summed E-state index contributed by atoms with van der Waals surface area (Å²) in [6, 6.07) is 3.99. The SMILES string of the molecule is CCN(CC(C)C)S(=O)(=O)c1ccc(C(N)=O)cc1N. The number of benzene rings is 1. The first-order valence-corrected chi connectivity index (χ1v) is 7.83. The van der Waals surface area contributed by atoms with E-state index in [1.807, 2.05) is 13.8 Å². The number of amides is 1. The van der Waals surface area contributed by atoms with Crippen LogP contribution < -0.4 is 11.5 Å². The highest BCUT2D eigenvalue weighted by molar-refractivity contribution is 7.89. The molecule has 112 valence electrons. The van der Waals surface area contributed by atoms with Gasteiger partial charge in [-0.3, -0.25) is 4.79 Å². The van der Waals surface area contributed by atoms with Crippen molar-refractivity contribution in [3.8, 4) is 0 Å². The number of hydrogen-bond donors (Lipinski definition) is 2. The summed E-state index contributed by atoms with van der Waals surface area (Å²) in [5, 5.41) is 0. The van der Waals surface area contributed by atoms with E-state index in [-0.39, 0.29) is 22.1 Å². The Morgan fingerprint density at radius 1 is 1.35 bits per heavy atom. The van der Waals surface area contributed by atoms with E-state index in [0.29, 0.717) is 13.1 Å². The lowest BCUT2D eigenvalue weighted by Gasteiger charge is -2.23. The Morgan fingerprint density at radius 3 is 2.35 bits per heavy atom. The molecule has 1 aromatic carbocycles. The molecule has 0 unspecified atom stereocenters. The fourth-order valence-corrected chi connectivity index (χ4v) is 3.59. The molecule has 4 N–H and O–H groups in total. The first kappa shape index (κ1) is 16.5. The maximum Gasteiger partial charge on any atom is 0.248 e. The smallest absolute Gasteiger partial charge is 0.248 e. The number of hydrogen-bond acceptors (Lipinski definition) is 4. The highest BCUT2D eigenvalue weighted by atomic mass is 32.2. The number of nitrogen functional groups attached to an aromatic ring is 1. The van der Waals surface area contributed by atoms with Crippen molar-refractivity contribution in [1.82, 2.24) is 4.31 Å². The van der Waals surface area contributed by atoms with Crippen LogP contribution in [-0.2, 0) is 10.0 Å². The minimum Gasteiger partial charge on any atom is -0.398 e. The Kier molecular flexibility index (Phi) is 5.13. The van der Waals surface area contributed by atoms with Gasteiger partial charge in [0.2, 0.25) is 15.9 Å². The largest absolute Gasteiger partial charge is 0.398 e. The van der Waals surface area contributed by atoms with Gasteiger partial charge in [-0.05, 0) is 24.1 Å². The third-order valence-electron chi connectivity index (χ3n) is 2.83. The molecule has 0 aliphatic rings. The number of nitrogens with two attached hydrogens (primary N) is 2. The second-order valence-electron chi connectivity index (χ2n) is 4.97. The third kappa shape index (κ3) is 3.49. The standard InChI is InChI=1S/C13H21N3O3S/c1-4-16(8-9(2)3)20(18,19)12-6-5-10(13(15)17)7-11(12)14/h5-7,9H,4,8,14H2,1-3H3,(H2,15,17). The molecule has 0 atom stereocenters. The number of nitrogens with zero attached hydrogens (tertiary/aromatic N) is 1. The van der Waals surface area contributed by atoms with E-state index >= 15 is 0 Å². The zero-order valence-corrected chi connectivity index (χ0v) is 12.8. The maximum absolute atomic E-state index is 12.5. The molecule has 20 heavy (non-hydrogen) atoms. The van der Waals surface area contributed by atoms with Gasteiger partial charge in [0.05, 0.1) is 5.69 Å². The van der Waals surface area contributed by atoms with Gasteiger partial charge < -0.3 is 11.5 Å². The first-order valence-electron chi connectivity index (χ1n) is 6.39. The van der Waals surface area contributed by atoms with Crippen LogP contribution in [0, 0.1) is 5.92 Å². The van der Waals surface area contributed by atoms with E-state index in [9.17, 15) is 13.2 Å². The number of carbonyl (C=O) groups excluding carboxylic acids is 1. The molecule has 0 radical (unpaired) electrons. The molecular formula is C13H21N3O3S. The molecule has 0 aromatic heterocycles. The van der Waals surface area contributed by atoms with Crippen molar-refractivity contribution in [3.63, 3.8) is 0 Å². The fraction of sp³-hybridized carbons (Fsp3) is 0.462. The van der Waals surface area contributed by atoms with Crippen molar-refractivity contribution in [2.24, 2.45) is 11.7 Å². The summed E-state index contributed by atoms with van der Waals surface area (Å²) >= 11 is 0. The molecule has 0 heterocycles. The zero-order chi connectivity index (χ0) is 15.5. The molecular weight excluding hydrogens is 278 g/mol. The van der Waals surface area contributed by atoms with Crippen molar-refractivity contribution >= 4 is 21.6 Å². The van der Waals surface area contributed by atoms with Gasteiger partial charge in [0.15, 0.2) is 0 Å². The first-order chi connectivity index (χ1) is 9.20. The van der Waals surface area contributed by atoms with Gasteiger partial charge >= 0.3 is 0 Å². The molecule has 1 amide bonds. The number of sulfonamides is 1. The summed E-state index contributed by atoms with van der Waals surface area (Å²) in [5.74, 6) is -0.439. The van der Waals surface area contributed by atoms with Gasteiger partial charge in [-0.25, -0.2) is 8.42 Å². The Balaban J connectivity index is 3.24. The molecule has 0 bridgehead atoms. The van der Waals surface area contributed by atoms with Gasteiger partial charge in [-0.1, -0.05) is 20.8 Å². The van der Waals surface area contributed by atoms with Crippen molar-refractivity contribution in [2.45, 2.75) is 25.7 Å². The average Bonchev–Trinajstić information content (AvgIpc) is 2.34. The van der Waals surface area contributed by atoms with Gasteiger partial charge in [-0.2, -0.15) is 4.31 Å². The summed E-state index contributed by atoms with van der Waals surface area (Å²) < 4.78 is 26.4. The van der Waals surface area contributed by atoms with Gasteiger partial charge in [-0.15, -0.1) is 0 Å². The van der Waals surface area contributed by atoms with Crippen LogP contribution in [0.1, 0.15) is 31.1 Å². The van der Waals surface area contributed by atoms with Crippen LogP contribution >= 0.6 is 0 Å². The fourth-order valence-electron chi connectivity index (χ4n) is 1.88. The van der Waals surface area contributed by atoms with Crippen LogP contribution in [0.5, 0.6) is 0 Å². The topological polar surface area (TPSA) is 106 Å². The average molecular weight is 299 g/mol. The Bertz CT molecular complexity index is 597. The Hall–Kier alpha value is -1.60. The second-order valence-corrected chi connectivity index (χ2v) is 6.87. The number of anilines is 1. The lowest BCUT2D eigenvalue weighted by Crippen LogP contribution is -2.34. The molecule has 0 aliphatic carbocycles. The normalized spacial score (nSPS) is 12.1. The predicted octanol–water partition coefficient (Wildman–Crippen LogP) is 1.03. The Morgan fingerprint density at radius 2 is 1.95 bits per heavy atom. The van der Waals surface area contributed by atoms with E-state index in [2.05, 4.69) is 0 Å². The molecule has 7 heteroatoms. The van der Waals surface area contributed by atoms with Crippen molar-refractivity contribution in [2.75, 3.05) is 18.8 Å². The minimum atomic E-state index is -3.66. The molecule has 0 spiro atoms. The van der Waals surface area contributed by atoms with Gasteiger partial charge in [0.25, 0.3) is 0 Å². The summed E-state index contributed by atoms with van der Waals surface area (Å²) in [6.45, 7) is 6.43. The van der Waals surface area contributed by atoms with Gasteiger partial charge in [0.1, 0.15) is 4.90 Å². The molecule has 0 aliphatic heterocycles. The van der Waals surface area contributed by atoms with Crippen LogP contribution in [0.4, 0.5) is 5.69 Å². The predicted molar refractivity (Wildman–Crippen MR) is 78.6 cm³/mol. The number of primary amides is 1. The van der Waals surface area contributed by atoms with Crippen molar-refractivity contribution < 1.29 is 13.2 Å². The second kappa shape index (κ2) is 6.23. The van der Waals surface area contributed by atoms with Crippen LogP contribution in [-0.4, -0.2) is 31.7 Å². The highest BCUT2D eigenvalue weighted by Gasteiger charge is 2.26. The summed E-state index contributed by atoms with van der Waals surface area (Å²) in [7, 11) is -3.66. The zero-order valence-electron chi connectivity index (χ0n) is 12.0. The molecule has 0 saturated carbocycles. The third-order valence-corrected chi connectivity index (χ3v) is 4.85. The summed E-state index contributed by atoms with van der Waals surface area (Å²) in [6.07, 6.45) is 0. The molecule has 1 aromatic rings. The van der Waals surface area contributed by atoms with E-state index in [0.717, 1.165) is 0 Å². The number of carbonyl (C=O) groups is 1. The van der Waals surface area contributed by atoms with Crippen LogP contribution in [0.25, 0.3) is 0 Å². The summed E-state index contributed by atoms with van der Waals surface area (Å²) in [4.78, 5) is 11.1. The summed E-state index contributed by atoms with van der Waals surface area (Å²) in [5.41, 5.74) is 11.1. The van der Waals surface area contributed by atoms with E-state index in [1.165, 1.54) is 22.5 Å². The minimum absolute atomic E-state index is 0.00463. The number of rotatable bonds is 6. The quantitative estimate of drug-likeness (QED) is 0.765. The molecule has 1 rings (SSSR count). The van der Waals surface area contributed by atoms with Crippen molar-refractivity contribution in [1.29, 1.82) is 0 Å². The van der Waals surface area contributed by atoms with E-state index in [4.69, 9.17) is 11.5 Å². The highest BCUT2D eigenvalue weighted by Crippen LogP contribution is 2.24. The van der Waals surface area contributed by atoms with E-state index < -0.39 is 15.9 Å². The Labute approximate surface area is 119 Å². The van der Waals surface area contributed by atoms with Crippen LogP contribution in [0.15, 0.2) is 23.1 Å². The monoisotopic (exact) mass is 299 g/mol. The van der Waals surface area contributed by atoms with Crippen LogP contribution in [0.2, 0.25) is 0 Å². The lowest BCUT2D eigenvalue weighted by atomic mass is 10.2. The molecule has 6 nitrogen and oxygen atoms in total. The van der Waals surface area contributed by atoms with Crippen molar-refractivity contribution in [3.05, 3.63) is 23.8 Å². The maximum atomic E-state index is 12.5. The molecule has 0 saturated heterocycles. The molecule has 0 fully saturated rings. The van der Waals surface area contributed by atoms with Crippen LogP contribution in [0.3, 0.4) is 0 Å². The lowest BCUT2D eigenvalue weighted by molar-refractivity contribution is 0.1000. The van der Waals surface area contributed by atoms with E-state index in [1.54, 1.807) is 6.92 Å². The van der Waals surface area contributed by atoms with Gasteiger partial charge in [0, 0.05) is 18.7 Å².